The minimum atomic E-state index is 0. The van der Waals surface area contributed by atoms with Crippen molar-refractivity contribution in [2.24, 2.45) is 0 Å². The van der Waals surface area contributed by atoms with E-state index in [2.05, 4.69) is 0 Å². The Morgan fingerprint density at radius 1 is 0.714 bits per heavy atom. The third-order valence-corrected chi connectivity index (χ3v) is 0. The Morgan fingerprint density at radius 3 is 0.714 bits per heavy atom. The summed E-state index contributed by atoms with van der Waals surface area (Å²) in [5.41, 5.74) is 0. The molecule has 0 aromatic rings. The van der Waals surface area contributed by atoms with Gasteiger partial charge >= 0.3 is 29.6 Å². The van der Waals surface area contributed by atoms with Gasteiger partial charge in [-0.2, -0.15) is 0 Å². The van der Waals surface area contributed by atoms with Crippen LogP contribution in [0.3, 0.4) is 0 Å². The van der Waals surface area contributed by atoms with Crippen molar-refractivity contribution in [1.29, 1.82) is 0 Å². The molecule has 0 fully saturated rings. The Labute approximate surface area is 70.1 Å². The largest absolute Gasteiger partial charge is 1.00 e. The third kappa shape index (κ3) is 186. The van der Waals surface area contributed by atoms with E-state index in [9.17, 15) is 0 Å². The van der Waals surface area contributed by atoms with Crippen LogP contribution in [0.15, 0.2) is 0 Å². The van der Waals surface area contributed by atoms with Gasteiger partial charge in [-0.1, -0.05) is 35.1 Å². The van der Waals surface area contributed by atoms with Crippen molar-refractivity contribution in [3.8, 4) is 0 Å². The molecule has 0 radical (unpaired) electrons. The van der Waals surface area contributed by atoms with Crippen molar-refractivity contribution in [2.45, 2.75) is 35.1 Å². The fourth-order valence-electron chi connectivity index (χ4n) is 0. The topological polar surface area (TPSA) is 30.0 Å². The van der Waals surface area contributed by atoms with Crippen LogP contribution in [0.25, 0.3) is 0 Å². The first kappa shape index (κ1) is 44.0. The molecular formula is C5H17NaO. The summed E-state index contributed by atoms with van der Waals surface area (Å²) < 4.78 is 0. The van der Waals surface area contributed by atoms with Crippen LogP contribution in [0, 0.1) is 0 Å². The fourth-order valence-corrected chi connectivity index (χ4v) is 0. The van der Waals surface area contributed by atoms with Gasteiger partial charge in [-0.3, -0.25) is 0 Å². The van der Waals surface area contributed by atoms with Gasteiger partial charge in [-0.25, -0.2) is 0 Å². The zero-order valence-electron chi connectivity index (χ0n) is 5.45. The molecule has 2 heteroatoms. The molecule has 0 spiro atoms. The molecule has 1 nitrogen and oxygen atoms in total. The second-order valence-corrected chi connectivity index (χ2v) is 0. The van der Waals surface area contributed by atoms with E-state index in [1.165, 1.54) is 0 Å². The molecule has 0 aliphatic rings. The fraction of sp³-hybridized carbons (Fsp3) is 1.00. The van der Waals surface area contributed by atoms with Crippen LogP contribution in [0.4, 0.5) is 0 Å². The van der Waals surface area contributed by atoms with Crippen molar-refractivity contribution >= 4 is 0 Å². The molecular weight excluding hydrogens is 99.0 g/mol. The SMILES string of the molecule is C.CC.CC.[Na+].[OH-]. The predicted molar refractivity (Wildman–Crippen MR) is 31.4 cm³/mol. The Bertz CT molecular complexity index is 8.04. The molecule has 0 heterocycles. The van der Waals surface area contributed by atoms with Gasteiger partial charge in [0.15, 0.2) is 0 Å². The molecule has 44 valence electrons. The van der Waals surface area contributed by atoms with E-state index in [-0.39, 0.29) is 42.5 Å². The van der Waals surface area contributed by atoms with E-state index in [1.54, 1.807) is 0 Å². The maximum atomic E-state index is 2.00. The molecule has 0 saturated carbocycles. The van der Waals surface area contributed by atoms with E-state index < -0.39 is 0 Å². The van der Waals surface area contributed by atoms with Gasteiger partial charge in [0, 0.05) is 0 Å². The second-order valence-electron chi connectivity index (χ2n) is 0. The second kappa shape index (κ2) is 268. The molecule has 0 bridgehead atoms. The van der Waals surface area contributed by atoms with Crippen molar-refractivity contribution in [3.63, 3.8) is 0 Å². The van der Waals surface area contributed by atoms with Gasteiger partial charge in [-0.05, 0) is 0 Å². The number of hydrogen-bond donors (Lipinski definition) is 0. The van der Waals surface area contributed by atoms with Crippen LogP contribution in [0.1, 0.15) is 35.1 Å². The Kier molecular flexibility index (Phi) is 1690. The van der Waals surface area contributed by atoms with Gasteiger partial charge in [-0.15, -0.1) is 0 Å². The molecule has 1 N–H and O–H groups in total. The van der Waals surface area contributed by atoms with Crippen LogP contribution < -0.4 is 29.6 Å². The predicted octanol–water partition coefficient (Wildman–Crippen LogP) is -0.484. The minimum absolute atomic E-state index is 0. The molecule has 0 aromatic carbocycles. The molecule has 0 saturated heterocycles. The van der Waals surface area contributed by atoms with E-state index in [4.69, 9.17) is 0 Å². The standard InChI is InChI=1S/2C2H6.CH4.Na.H2O/c2*1-2;;;/h2*1-2H3;1H4;;1H2/q;;;+1;/p-1. The van der Waals surface area contributed by atoms with Crippen LogP contribution in [0.2, 0.25) is 0 Å². The van der Waals surface area contributed by atoms with Gasteiger partial charge in [0.1, 0.15) is 0 Å². The maximum Gasteiger partial charge on any atom is 1.00 e. The molecule has 0 rings (SSSR count). The first-order chi connectivity index (χ1) is 2.00. The average molecular weight is 116 g/mol. The molecule has 0 amide bonds. The van der Waals surface area contributed by atoms with Gasteiger partial charge in [0.25, 0.3) is 0 Å². The normalized spacial score (nSPS) is 1.71. The van der Waals surface area contributed by atoms with Gasteiger partial charge in [0.2, 0.25) is 0 Å². The summed E-state index contributed by atoms with van der Waals surface area (Å²) in [4.78, 5) is 0. The molecule has 0 atom stereocenters. The first-order valence-electron chi connectivity index (χ1n) is 2.00. The summed E-state index contributed by atoms with van der Waals surface area (Å²) in [5, 5.41) is 0. The molecule has 0 aliphatic carbocycles. The molecule has 7 heavy (non-hydrogen) atoms. The Balaban J connectivity index is -0.00000000267. The summed E-state index contributed by atoms with van der Waals surface area (Å²) in [6.07, 6.45) is 0. The number of hydrogen-bond acceptors (Lipinski definition) is 1. The number of rotatable bonds is 0. The van der Waals surface area contributed by atoms with Crippen LogP contribution >= 0.6 is 0 Å². The van der Waals surface area contributed by atoms with Crippen LogP contribution in [-0.2, 0) is 0 Å². The quantitative estimate of drug-likeness (QED) is 0.393. The van der Waals surface area contributed by atoms with E-state index in [0.29, 0.717) is 0 Å². The van der Waals surface area contributed by atoms with Gasteiger partial charge < -0.3 is 5.48 Å². The van der Waals surface area contributed by atoms with Crippen molar-refractivity contribution in [3.05, 3.63) is 0 Å². The summed E-state index contributed by atoms with van der Waals surface area (Å²) in [7, 11) is 0. The first-order valence-corrected chi connectivity index (χ1v) is 2.00. The van der Waals surface area contributed by atoms with E-state index in [1.807, 2.05) is 27.7 Å². The van der Waals surface area contributed by atoms with Crippen molar-refractivity contribution in [2.75, 3.05) is 0 Å². The third-order valence-electron chi connectivity index (χ3n) is 0. The summed E-state index contributed by atoms with van der Waals surface area (Å²) in [6.45, 7) is 8.00. The van der Waals surface area contributed by atoms with Crippen molar-refractivity contribution < 1.29 is 35.0 Å². The summed E-state index contributed by atoms with van der Waals surface area (Å²) in [6, 6.07) is 0. The van der Waals surface area contributed by atoms with Crippen molar-refractivity contribution in [1.82, 2.24) is 0 Å². The zero-order valence-corrected chi connectivity index (χ0v) is 7.45. The molecule has 0 aromatic heterocycles. The van der Waals surface area contributed by atoms with Crippen LogP contribution in [-0.4, -0.2) is 5.48 Å². The van der Waals surface area contributed by atoms with E-state index in [0.717, 1.165) is 0 Å². The minimum Gasteiger partial charge on any atom is -0.870 e. The van der Waals surface area contributed by atoms with Gasteiger partial charge in [0.05, 0.1) is 0 Å². The monoisotopic (exact) mass is 116 g/mol. The smallest absolute Gasteiger partial charge is 0.870 e. The molecule has 0 unspecified atom stereocenters. The van der Waals surface area contributed by atoms with Crippen LogP contribution in [0.5, 0.6) is 0 Å². The zero-order chi connectivity index (χ0) is 4.00. The summed E-state index contributed by atoms with van der Waals surface area (Å²) >= 11 is 0. The summed E-state index contributed by atoms with van der Waals surface area (Å²) in [5.74, 6) is 0. The molecule has 0 aliphatic heterocycles. The maximum absolute atomic E-state index is 2.00. The Hall–Kier alpha value is 0.960. The average Bonchev–Trinajstić information content (AvgIpc) is 1.50. The Morgan fingerprint density at radius 2 is 0.714 bits per heavy atom. The van der Waals surface area contributed by atoms with E-state index >= 15 is 0 Å².